The second kappa shape index (κ2) is 8.85. The first-order valence-corrected chi connectivity index (χ1v) is 15.2. The van der Waals surface area contributed by atoms with Crippen LogP contribution in [0.5, 0.6) is 0 Å². The van der Waals surface area contributed by atoms with Gasteiger partial charge in [-0.05, 0) is 31.1 Å². The number of hydrogen-bond donors (Lipinski definition) is 3. The summed E-state index contributed by atoms with van der Waals surface area (Å²) in [7, 11) is 0. The third-order valence-corrected chi connectivity index (χ3v) is 11.5. The van der Waals surface area contributed by atoms with Gasteiger partial charge in [0.25, 0.3) is 0 Å². The lowest BCUT2D eigenvalue weighted by Gasteiger charge is -2.61. The quantitative estimate of drug-likeness (QED) is 0.264. The number of epoxide rings is 1. The van der Waals surface area contributed by atoms with Crippen LogP contribution in [0.2, 0.25) is 0 Å². The van der Waals surface area contributed by atoms with Crippen molar-refractivity contribution in [2.24, 2.45) is 23.7 Å². The molecule has 232 valence electrons. The molecule has 6 fully saturated rings. The fourth-order valence-corrected chi connectivity index (χ4v) is 9.52. The molecule has 44 heavy (non-hydrogen) atoms. The van der Waals surface area contributed by atoms with Crippen molar-refractivity contribution in [3.63, 3.8) is 0 Å². The van der Waals surface area contributed by atoms with Gasteiger partial charge in [-0.3, -0.25) is 4.79 Å². The maximum Gasteiger partial charge on any atom is 0.338 e. The molecule has 0 radical (unpaired) electrons. The summed E-state index contributed by atoms with van der Waals surface area (Å²) in [6, 6.07) is 17.7. The van der Waals surface area contributed by atoms with Crippen molar-refractivity contribution in [2.75, 3.05) is 6.61 Å². The van der Waals surface area contributed by atoms with Gasteiger partial charge in [0.05, 0.1) is 17.8 Å². The summed E-state index contributed by atoms with van der Waals surface area (Å²) in [5, 5.41) is 34.9. The largest absolute Gasteiger partial charge is 0.455 e. The number of ketones is 1. The summed E-state index contributed by atoms with van der Waals surface area (Å²) in [5.41, 5.74) is -5.52. The Balaban J connectivity index is 1.40. The van der Waals surface area contributed by atoms with E-state index in [2.05, 4.69) is 6.58 Å². The molecule has 10 heteroatoms. The Morgan fingerprint density at radius 2 is 1.68 bits per heavy atom. The highest BCUT2D eigenvalue weighted by Crippen LogP contribution is 2.74. The first-order valence-electron chi connectivity index (χ1n) is 15.2. The van der Waals surface area contributed by atoms with Crippen molar-refractivity contribution in [3.8, 4) is 0 Å². The molecular formula is C34H36O10. The second-order valence-corrected chi connectivity index (χ2v) is 13.5. The van der Waals surface area contributed by atoms with E-state index in [1.54, 1.807) is 56.3 Å². The van der Waals surface area contributed by atoms with E-state index >= 15 is 0 Å². The summed E-state index contributed by atoms with van der Waals surface area (Å²) in [5.74, 6) is -6.07. The van der Waals surface area contributed by atoms with Crippen LogP contribution in [-0.4, -0.2) is 80.5 Å². The predicted molar refractivity (Wildman–Crippen MR) is 152 cm³/mol. The van der Waals surface area contributed by atoms with Crippen LogP contribution in [0.15, 0.2) is 72.8 Å². The smallest absolute Gasteiger partial charge is 0.338 e. The van der Waals surface area contributed by atoms with Crippen molar-refractivity contribution in [1.29, 1.82) is 0 Å². The van der Waals surface area contributed by atoms with Crippen LogP contribution in [0.4, 0.5) is 0 Å². The van der Waals surface area contributed by atoms with Crippen LogP contribution in [0, 0.1) is 23.7 Å². The lowest BCUT2D eigenvalue weighted by molar-refractivity contribution is -0.443. The average Bonchev–Trinajstić information content (AvgIpc) is 3.65. The van der Waals surface area contributed by atoms with Crippen molar-refractivity contribution < 1.29 is 48.6 Å². The van der Waals surface area contributed by atoms with Gasteiger partial charge < -0.3 is 39.0 Å². The van der Waals surface area contributed by atoms with E-state index in [0.29, 0.717) is 16.7 Å². The van der Waals surface area contributed by atoms with Gasteiger partial charge in [-0.15, -0.1) is 0 Å². The molecule has 13 atom stereocenters. The molecule has 10 nitrogen and oxygen atoms in total. The van der Waals surface area contributed by atoms with Crippen LogP contribution in [0.1, 0.15) is 43.1 Å². The Morgan fingerprint density at radius 1 is 1.02 bits per heavy atom. The Labute approximate surface area is 254 Å². The molecule has 6 aliphatic rings. The van der Waals surface area contributed by atoms with Crippen molar-refractivity contribution in [3.05, 3.63) is 83.9 Å². The lowest BCUT2D eigenvalue weighted by atomic mass is 9.52. The van der Waals surface area contributed by atoms with Gasteiger partial charge in [0.1, 0.15) is 30.0 Å². The van der Waals surface area contributed by atoms with Gasteiger partial charge in [-0.1, -0.05) is 69.0 Å². The minimum atomic E-state index is -2.33. The van der Waals surface area contributed by atoms with Gasteiger partial charge >= 0.3 is 11.9 Å². The fourth-order valence-electron chi connectivity index (χ4n) is 9.52. The molecule has 0 amide bonds. The number of Topliss-reactive ketones (excluding diaryl/α,β-unsaturated/α-hetero) is 1. The first kappa shape index (κ1) is 28.5. The fraction of sp³-hybridized carbons (Fsp3) is 0.529. The third kappa shape index (κ3) is 3.05. The zero-order valence-corrected chi connectivity index (χ0v) is 24.7. The molecule has 0 aromatic heterocycles. The molecule has 3 N–H and O–H groups in total. The van der Waals surface area contributed by atoms with Crippen LogP contribution in [0.25, 0.3) is 0 Å². The molecule has 2 aromatic carbocycles. The van der Waals surface area contributed by atoms with Crippen LogP contribution >= 0.6 is 0 Å². The summed E-state index contributed by atoms with van der Waals surface area (Å²) in [6.45, 7) is 9.02. The maximum atomic E-state index is 13.9. The number of benzene rings is 2. The summed E-state index contributed by atoms with van der Waals surface area (Å²) < 4.78 is 33.5. The molecule has 3 saturated heterocycles. The molecule has 3 saturated carbocycles. The van der Waals surface area contributed by atoms with E-state index in [1.165, 1.54) is 0 Å². The van der Waals surface area contributed by atoms with Crippen LogP contribution in [-0.2, 0) is 34.5 Å². The number of aliphatic hydroxyl groups excluding tert-OH is 2. The van der Waals surface area contributed by atoms with E-state index in [-0.39, 0.29) is 6.42 Å². The molecule has 0 unspecified atom stereocenters. The number of rotatable bonds is 5. The van der Waals surface area contributed by atoms with Gasteiger partial charge in [0, 0.05) is 29.2 Å². The predicted octanol–water partition coefficient (Wildman–Crippen LogP) is 2.25. The van der Waals surface area contributed by atoms with Crippen LogP contribution in [0.3, 0.4) is 0 Å². The zero-order chi connectivity index (χ0) is 31.0. The maximum absolute atomic E-state index is 13.9. The highest BCUT2D eigenvalue weighted by Gasteiger charge is 2.91. The third-order valence-electron chi connectivity index (χ3n) is 11.5. The van der Waals surface area contributed by atoms with Gasteiger partial charge in [0.15, 0.2) is 17.0 Å². The van der Waals surface area contributed by atoms with Gasteiger partial charge in [-0.25, -0.2) is 4.79 Å². The number of carbonyl (C=O) groups is 2. The highest BCUT2D eigenvalue weighted by molar-refractivity contribution is 5.93. The van der Waals surface area contributed by atoms with E-state index < -0.39 is 94.8 Å². The topological polar surface area (TPSA) is 144 Å². The molecule has 3 aliphatic heterocycles. The molecule has 3 aliphatic carbocycles. The number of ether oxygens (including phenoxy) is 5. The normalized spacial score (nSPS) is 49.5. The second-order valence-electron chi connectivity index (χ2n) is 13.5. The molecule has 2 aromatic rings. The number of fused-ring (bicyclic) bond motifs is 3. The first-order chi connectivity index (χ1) is 20.9. The minimum absolute atomic E-state index is 0.179. The average molecular weight is 605 g/mol. The molecule has 3 heterocycles. The Bertz CT molecular complexity index is 1560. The van der Waals surface area contributed by atoms with Crippen molar-refractivity contribution >= 4 is 11.8 Å². The summed E-state index contributed by atoms with van der Waals surface area (Å²) in [6.07, 6.45) is -4.39. The SMILES string of the molecule is C=C(C)[C@@]12O[C@@]3(c4ccccc4)O[C@@H]1[C@@H]1[C@@H]4O[C@]4(CO)[C@@H](O)[C@]4(O)C(=O)[C@@H](C)C[C@H]4[C@@]1(O3)[C@H](C)[C@H]2OC(=O)c1ccccc1. The summed E-state index contributed by atoms with van der Waals surface area (Å²) in [4.78, 5) is 27.6. The highest BCUT2D eigenvalue weighted by atomic mass is 16.9. The van der Waals surface area contributed by atoms with Crippen LogP contribution < -0.4 is 0 Å². The van der Waals surface area contributed by atoms with Crippen molar-refractivity contribution in [2.45, 2.75) is 80.0 Å². The van der Waals surface area contributed by atoms with Gasteiger partial charge in [-0.2, -0.15) is 0 Å². The number of esters is 1. The molecule has 3 bridgehead atoms. The monoisotopic (exact) mass is 604 g/mol. The molecular weight excluding hydrogens is 568 g/mol. The number of hydrogen-bond acceptors (Lipinski definition) is 10. The van der Waals surface area contributed by atoms with E-state index in [4.69, 9.17) is 23.7 Å². The summed E-state index contributed by atoms with van der Waals surface area (Å²) >= 11 is 0. The molecule has 8 rings (SSSR count). The number of carbonyl (C=O) groups excluding carboxylic acids is 2. The van der Waals surface area contributed by atoms with E-state index in [1.807, 2.05) is 25.1 Å². The molecule has 0 spiro atoms. The van der Waals surface area contributed by atoms with E-state index in [9.17, 15) is 24.9 Å². The Hall–Kier alpha value is -2.96. The minimum Gasteiger partial charge on any atom is -0.455 e. The standard InChI is InChI=1S/C34H36O10/c1-17(2)32-25(40-28(37)20-11-7-5-8-12-20)19(4)33-22-15-18(3)24(36)31(22,39)29(38)30(16-35)26(41-30)23(33)27(32)42-34(43-32,44-33)21-13-9-6-10-14-21/h5-14,18-19,22-23,25-27,29,35,38-39H,1,15-16H2,2-4H3/t18-,19+,22+,23-,25+,26-,27+,29+,30-,31+,32-,33-,34+/m0/s1. The Morgan fingerprint density at radius 3 is 2.32 bits per heavy atom. The van der Waals surface area contributed by atoms with Crippen molar-refractivity contribution in [1.82, 2.24) is 0 Å². The lowest BCUT2D eigenvalue weighted by Crippen LogP contribution is -2.76. The Kier molecular flexibility index (Phi) is 5.73. The van der Waals surface area contributed by atoms with Gasteiger partial charge in [0.2, 0.25) is 0 Å². The zero-order valence-electron chi connectivity index (χ0n) is 24.7. The van der Waals surface area contributed by atoms with E-state index in [0.717, 1.165) is 0 Å². The number of aliphatic hydroxyl groups is 3.